The number of hydrogen-bond acceptors (Lipinski definition) is 3. The molecular weight excluding hydrogens is 276 g/mol. The number of nitrogens with zero attached hydrogens (tertiary/aromatic N) is 2. The zero-order valence-corrected chi connectivity index (χ0v) is 11.9. The minimum absolute atomic E-state index is 0.0180. The highest BCUT2D eigenvalue weighted by Gasteiger charge is 2.26. The summed E-state index contributed by atoms with van der Waals surface area (Å²) < 4.78 is 0. The van der Waals surface area contributed by atoms with Crippen molar-refractivity contribution in [2.24, 2.45) is 0 Å². The topological polar surface area (TPSA) is 75.0 Å². The molecule has 1 aromatic carbocycles. The predicted molar refractivity (Wildman–Crippen MR) is 77.6 cm³/mol. The van der Waals surface area contributed by atoms with Gasteiger partial charge in [0.15, 0.2) is 0 Å². The van der Waals surface area contributed by atoms with E-state index in [0.29, 0.717) is 29.4 Å². The van der Waals surface area contributed by atoms with E-state index < -0.39 is 0 Å². The number of hydrogen-bond donors (Lipinski definition) is 2. The number of nitrogen functional groups attached to an aromatic ring is 1. The number of nitrogens with two attached hydrogens (primary N) is 1. The molecule has 6 heteroatoms. The molecule has 3 N–H and O–H groups in total. The number of H-pyrrole nitrogens is 1. The van der Waals surface area contributed by atoms with Gasteiger partial charge < -0.3 is 15.6 Å². The van der Waals surface area contributed by atoms with Crippen LogP contribution in [0.4, 0.5) is 5.69 Å². The Hall–Kier alpha value is -2.01. The first-order valence-corrected chi connectivity index (χ1v) is 6.80. The smallest absolute Gasteiger partial charge is 0.254 e. The van der Waals surface area contributed by atoms with Crippen molar-refractivity contribution in [3.8, 4) is 0 Å². The number of halogens is 1. The van der Waals surface area contributed by atoms with Crippen LogP contribution in [0.25, 0.3) is 0 Å². The second kappa shape index (κ2) is 4.83. The van der Waals surface area contributed by atoms with E-state index in [2.05, 4.69) is 9.97 Å². The molecule has 20 heavy (non-hydrogen) atoms. The third kappa shape index (κ3) is 2.14. The van der Waals surface area contributed by atoms with Gasteiger partial charge in [-0.25, -0.2) is 4.98 Å². The predicted octanol–water partition coefficient (Wildman–Crippen LogP) is 2.15. The number of nitrogens with one attached hydrogen (secondary N) is 1. The van der Waals surface area contributed by atoms with Crippen LogP contribution in [0, 0.1) is 6.92 Å². The average Bonchev–Trinajstić information content (AvgIpc) is 2.81. The largest absolute Gasteiger partial charge is 0.398 e. The number of aromatic nitrogens is 2. The Bertz CT molecular complexity index is 680. The standard InChI is InChI=1S/C14H15ClN4O/c1-8-13(18-7-17-8)6-19-3-2-9-4-12(16)11(15)5-10(9)14(19)20/h4-5,7H,2-3,6,16H2,1H3,(H,17,18). The summed E-state index contributed by atoms with van der Waals surface area (Å²) in [6, 6.07) is 3.46. The summed E-state index contributed by atoms with van der Waals surface area (Å²) in [5, 5.41) is 0.426. The monoisotopic (exact) mass is 290 g/mol. The van der Waals surface area contributed by atoms with E-state index in [-0.39, 0.29) is 5.91 Å². The van der Waals surface area contributed by atoms with Gasteiger partial charge in [-0.3, -0.25) is 4.79 Å². The maximum absolute atomic E-state index is 12.5. The van der Waals surface area contributed by atoms with E-state index >= 15 is 0 Å². The SMILES string of the molecule is Cc1[nH]cnc1CN1CCc2cc(N)c(Cl)cc2C1=O. The Morgan fingerprint density at radius 1 is 1.50 bits per heavy atom. The number of aryl methyl sites for hydroxylation is 1. The molecule has 1 amide bonds. The number of benzene rings is 1. The Morgan fingerprint density at radius 2 is 2.30 bits per heavy atom. The summed E-state index contributed by atoms with van der Waals surface area (Å²) in [5.41, 5.74) is 9.79. The minimum Gasteiger partial charge on any atom is -0.398 e. The van der Waals surface area contributed by atoms with E-state index in [1.54, 1.807) is 23.4 Å². The number of amides is 1. The first-order valence-electron chi connectivity index (χ1n) is 6.42. The van der Waals surface area contributed by atoms with Crippen molar-refractivity contribution in [1.29, 1.82) is 0 Å². The summed E-state index contributed by atoms with van der Waals surface area (Å²) in [5.74, 6) is -0.0180. The maximum Gasteiger partial charge on any atom is 0.254 e. The fourth-order valence-electron chi connectivity index (χ4n) is 2.45. The number of fused-ring (bicyclic) bond motifs is 1. The zero-order chi connectivity index (χ0) is 14.3. The molecule has 0 atom stereocenters. The number of imidazole rings is 1. The molecule has 2 heterocycles. The number of carbonyl (C=O) groups excluding carboxylic acids is 1. The van der Waals surface area contributed by atoms with Gasteiger partial charge in [-0.15, -0.1) is 0 Å². The van der Waals surface area contributed by atoms with E-state index in [4.69, 9.17) is 17.3 Å². The summed E-state index contributed by atoms with van der Waals surface area (Å²) >= 11 is 6.01. The highest BCUT2D eigenvalue weighted by atomic mass is 35.5. The van der Waals surface area contributed by atoms with E-state index in [9.17, 15) is 4.79 Å². The van der Waals surface area contributed by atoms with Crippen LogP contribution in [0.5, 0.6) is 0 Å². The maximum atomic E-state index is 12.5. The average molecular weight is 291 g/mol. The molecule has 1 aromatic heterocycles. The van der Waals surface area contributed by atoms with Crippen molar-refractivity contribution >= 4 is 23.2 Å². The summed E-state index contributed by atoms with van der Waals surface area (Å²) in [4.78, 5) is 21.6. The van der Waals surface area contributed by atoms with Crippen LogP contribution in [-0.2, 0) is 13.0 Å². The minimum atomic E-state index is -0.0180. The van der Waals surface area contributed by atoms with Gasteiger partial charge in [0, 0.05) is 17.8 Å². The highest BCUT2D eigenvalue weighted by Crippen LogP contribution is 2.28. The van der Waals surface area contributed by atoms with Crippen molar-refractivity contribution in [3.63, 3.8) is 0 Å². The molecule has 1 aliphatic heterocycles. The summed E-state index contributed by atoms with van der Waals surface area (Å²) in [6.45, 7) is 3.12. The third-order valence-corrected chi connectivity index (χ3v) is 3.99. The number of aromatic amines is 1. The van der Waals surface area contributed by atoms with Crippen LogP contribution < -0.4 is 5.73 Å². The number of anilines is 1. The van der Waals surface area contributed by atoms with E-state index in [0.717, 1.165) is 23.4 Å². The highest BCUT2D eigenvalue weighted by molar-refractivity contribution is 6.33. The molecule has 104 valence electrons. The van der Waals surface area contributed by atoms with Gasteiger partial charge in [0.05, 0.1) is 29.3 Å². The van der Waals surface area contributed by atoms with Crippen LogP contribution in [0.3, 0.4) is 0 Å². The quantitative estimate of drug-likeness (QED) is 0.832. The van der Waals surface area contributed by atoms with Crippen LogP contribution >= 0.6 is 11.6 Å². The molecule has 0 fully saturated rings. The second-order valence-corrected chi connectivity index (χ2v) is 5.39. The molecule has 0 bridgehead atoms. The molecule has 3 rings (SSSR count). The fraction of sp³-hybridized carbons (Fsp3) is 0.286. The van der Waals surface area contributed by atoms with Gasteiger partial charge in [0.25, 0.3) is 5.91 Å². The summed E-state index contributed by atoms with van der Waals surface area (Å²) in [7, 11) is 0. The lowest BCUT2D eigenvalue weighted by Crippen LogP contribution is -2.37. The first-order chi connectivity index (χ1) is 9.56. The first kappa shape index (κ1) is 13.0. The van der Waals surface area contributed by atoms with Crippen molar-refractivity contribution in [2.75, 3.05) is 12.3 Å². The molecular formula is C14H15ClN4O. The van der Waals surface area contributed by atoms with Crippen molar-refractivity contribution in [3.05, 3.63) is 46.0 Å². The van der Waals surface area contributed by atoms with Crippen molar-refractivity contribution in [2.45, 2.75) is 19.9 Å². The number of rotatable bonds is 2. The zero-order valence-electron chi connectivity index (χ0n) is 11.1. The van der Waals surface area contributed by atoms with Crippen LogP contribution in [0.15, 0.2) is 18.5 Å². The van der Waals surface area contributed by atoms with Gasteiger partial charge >= 0.3 is 0 Å². The fourth-order valence-corrected chi connectivity index (χ4v) is 2.61. The molecule has 0 radical (unpaired) electrons. The number of carbonyl (C=O) groups is 1. The summed E-state index contributed by atoms with van der Waals surface area (Å²) in [6.07, 6.45) is 2.43. The molecule has 0 spiro atoms. The molecule has 0 aliphatic carbocycles. The van der Waals surface area contributed by atoms with Gasteiger partial charge in [0.1, 0.15) is 0 Å². The Balaban J connectivity index is 1.89. The van der Waals surface area contributed by atoms with Gasteiger partial charge in [-0.2, -0.15) is 0 Å². The second-order valence-electron chi connectivity index (χ2n) is 4.98. The molecule has 0 saturated carbocycles. The Morgan fingerprint density at radius 3 is 3.00 bits per heavy atom. The van der Waals surface area contributed by atoms with Crippen LogP contribution in [-0.4, -0.2) is 27.3 Å². The van der Waals surface area contributed by atoms with Crippen LogP contribution in [0.2, 0.25) is 5.02 Å². The van der Waals surface area contributed by atoms with Gasteiger partial charge in [-0.05, 0) is 31.0 Å². The molecule has 2 aromatic rings. The molecule has 1 aliphatic rings. The lowest BCUT2D eigenvalue weighted by Gasteiger charge is -2.28. The Labute approximate surface area is 121 Å². The van der Waals surface area contributed by atoms with Crippen LogP contribution in [0.1, 0.15) is 27.3 Å². The molecule has 0 saturated heterocycles. The lowest BCUT2D eigenvalue weighted by atomic mass is 9.98. The van der Waals surface area contributed by atoms with E-state index in [1.165, 1.54) is 0 Å². The lowest BCUT2D eigenvalue weighted by molar-refractivity contribution is 0.0725. The van der Waals surface area contributed by atoms with E-state index in [1.807, 2.05) is 6.92 Å². The van der Waals surface area contributed by atoms with Crippen molar-refractivity contribution in [1.82, 2.24) is 14.9 Å². The Kier molecular flexibility index (Phi) is 3.14. The normalized spacial score (nSPS) is 14.5. The molecule has 0 unspecified atom stereocenters. The molecule has 5 nitrogen and oxygen atoms in total. The van der Waals surface area contributed by atoms with Gasteiger partial charge in [-0.1, -0.05) is 11.6 Å². The van der Waals surface area contributed by atoms with Gasteiger partial charge in [0.2, 0.25) is 0 Å². The van der Waals surface area contributed by atoms with Crippen molar-refractivity contribution < 1.29 is 4.79 Å². The third-order valence-electron chi connectivity index (χ3n) is 3.67.